The number of nitrogens with two attached hydrogens (primary N) is 1. The summed E-state index contributed by atoms with van der Waals surface area (Å²) in [7, 11) is 2.14. The number of aldehydes is 1. The highest BCUT2D eigenvalue weighted by Crippen LogP contribution is 2.25. The van der Waals surface area contributed by atoms with Crippen molar-refractivity contribution in [2.24, 2.45) is 0 Å². The second-order valence-corrected chi connectivity index (χ2v) is 5.56. The molecule has 0 bridgehead atoms. The van der Waals surface area contributed by atoms with Crippen molar-refractivity contribution in [1.29, 1.82) is 0 Å². The second kappa shape index (κ2) is 5.65. The summed E-state index contributed by atoms with van der Waals surface area (Å²) in [6.45, 7) is 2.19. The molecule has 21 heavy (non-hydrogen) atoms. The van der Waals surface area contributed by atoms with Crippen LogP contribution in [0.4, 0.5) is 5.82 Å². The van der Waals surface area contributed by atoms with Crippen LogP contribution in [-0.2, 0) is 0 Å². The average molecular weight is 285 g/mol. The third-order valence-electron chi connectivity index (χ3n) is 4.07. The van der Waals surface area contributed by atoms with Gasteiger partial charge in [0.25, 0.3) is 0 Å². The molecule has 2 aromatic rings. The van der Waals surface area contributed by atoms with Crippen LogP contribution in [0.15, 0.2) is 24.7 Å². The molecule has 3 heterocycles. The van der Waals surface area contributed by atoms with Crippen LogP contribution < -0.4 is 5.73 Å². The Morgan fingerprint density at radius 1 is 1.29 bits per heavy atom. The van der Waals surface area contributed by atoms with E-state index in [9.17, 15) is 4.79 Å². The van der Waals surface area contributed by atoms with Crippen molar-refractivity contribution in [3.63, 3.8) is 0 Å². The maximum absolute atomic E-state index is 10.9. The van der Waals surface area contributed by atoms with E-state index in [4.69, 9.17) is 5.73 Å². The number of piperidine rings is 1. The maximum atomic E-state index is 10.9. The molecule has 1 fully saturated rings. The third-order valence-corrected chi connectivity index (χ3v) is 4.07. The fourth-order valence-corrected chi connectivity index (χ4v) is 2.69. The van der Waals surface area contributed by atoms with Gasteiger partial charge >= 0.3 is 0 Å². The van der Waals surface area contributed by atoms with E-state index in [0.29, 0.717) is 11.6 Å². The predicted molar refractivity (Wildman–Crippen MR) is 81.0 cm³/mol. The van der Waals surface area contributed by atoms with Crippen LogP contribution >= 0.6 is 0 Å². The lowest BCUT2D eigenvalue weighted by Gasteiger charge is -2.28. The molecule has 2 N–H and O–H groups in total. The standard InChI is InChI=1S/C15H19N5O/c1-19-4-2-14(3-5-19)20-9-13(8-18-20)11-6-12(10-21)15(16)17-7-11/h6-10,14H,2-5H2,1H3,(H2,16,17). The monoisotopic (exact) mass is 285 g/mol. The number of likely N-dealkylation sites (tertiary alicyclic amines) is 1. The molecule has 2 aromatic heterocycles. The molecule has 1 saturated heterocycles. The van der Waals surface area contributed by atoms with Gasteiger partial charge in [-0.1, -0.05) is 0 Å². The number of carbonyl (C=O) groups is 1. The second-order valence-electron chi connectivity index (χ2n) is 5.56. The first kappa shape index (κ1) is 13.8. The van der Waals surface area contributed by atoms with Gasteiger partial charge in [0.05, 0.1) is 17.8 Å². The molecule has 0 unspecified atom stereocenters. The average Bonchev–Trinajstić information content (AvgIpc) is 2.98. The largest absolute Gasteiger partial charge is 0.383 e. The minimum Gasteiger partial charge on any atom is -0.383 e. The number of nitrogens with zero attached hydrogens (tertiary/aromatic N) is 4. The Morgan fingerprint density at radius 2 is 2.05 bits per heavy atom. The summed E-state index contributed by atoms with van der Waals surface area (Å²) in [6.07, 6.45) is 8.47. The number of hydrogen-bond acceptors (Lipinski definition) is 5. The third kappa shape index (κ3) is 2.80. The van der Waals surface area contributed by atoms with E-state index in [1.54, 1.807) is 12.3 Å². The molecule has 0 amide bonds. The van der Waals surface area contributed by atoms with Crippen LogP contribution in [-0.4, -0.2) is 46.1 Å². The Kier molecular flexibility index (Phi) is 3.70. The first-order valence-corrected chi connectivity index (χ1v) is 7.11. The number of anilines is 1. The van der Waals surface area contributed by atoms with Crippen LogP contribution in [0, 0.1) is 0 Å². The van der Waals surface area contributed by atoms with Gasteiger partial charge < -0.3 is 10.6 Å². The van der Waals surface area contributed by atoms with E-state index in [1.165, 1.54) is 0 Å². The molecule has 6 heteroatoms. The highest BCUT2D eigenvalue weighted by Gasteiger charge is 2.19. The van der Waals surface area contributed by atoms with Crippen LogP contribution in [0.2, 0.25) is 0 Å². The van der Waals surface area contributed by atoms with Crippen LogP contribution in [0.25, 0.3) is 11.1 Å². The van der Waals surface area contributed by atoms with Crippen molar-refractivity contribution in [2.45, 2.75) is 18.9 Å². The molecular formula is C15H19N5O. The van der Waals surface area contributed by atoms with Gasteiger partial charge in [-0.3, -0.25) is 9.48 Å². The number of aromatic nitrogens is 3. The molecule has 110 valence electrons. The molecule has 1 aliphatic heterocycles. The van der Waals surface area contributed by atoms with Gasteiger partial charge in [0.15, 0.2) is 6.29 Å². The van der Waals surface area contributed by atoms with E-state index < -0.39 is 0 Å². The van der Waals surface area contributed by atoms with Gasteiger partial charge in [-0.25, -0.2) is 4.98 Å². The fourth-order valence-electron chi connectivity index (χ4n) is 2.69. The molecule has 0 saturated carbocycles. The quantitative estimate of drug-likeness (QED) is 0.867. The number of hydrogen-bond donors (Lipinski definition) is 1. The van der Waals surface area contributed by atoms with E-state index in [1.807, 2.05) is 17.1 Å². The molecule has 0 radical (unpaired) electrons. The zero-order chi connectivity index (χ0) is 14.8. The lowest BCUT2D eigenvalue weighted by molar-refractivity contribution is 0.112. The van der Waals surface area contributed by atoms with Gasteiger partial charge in [0.1, 0.15) is 5.82 Å². The SMILES string of the molecule is CN1CCC(n2cc(-c3cnc(N)c(C=O)c3)cn2)CC1. The van der Waals surface area contributed by atoms with Crippen LogP contribution in [0.3, 0.4) is 0 Å². The predicted octanol–water partition coefficient (Wildman–Crippen LogP) is 1.61. The summed E-state index contributed by atoms with van der Waals surface area (Å²) in [5.41, 5.74) is 7.89. The van der Waals surface area contributed by atoms with E-state index in [-0.39, 0.29) is 5.82 Å². The molecule has 0 aliphatic carbocycles. The molecule has 0 atom stereocenters. The Labute approximate surface area is 123 Å². The lowest BCUT2D eigenvalue weighted by atomic mass is 10.1. The van der Waals surface area contributed by atoms with Gasteiger partial charge in [-0.2, -0.15) is 5.10 Å². The van der Waals surface area contributed by atoms with Gasteiger partial charge in [-0.05, 0) is 39.0 Å². The van der Waals surface area contributed by atoms with Crippen molar-refractivity contribution >= 4 is 12.1 Å². The minimum absolute atomic E-state index is 0.261. The molecule has 0 aromatic carbocycles. The van der Waals surface area contributed by atoms with Crippen molar-refractivity contribution in [3.05, 3.63) is 30.2 Å². The van der Waals surface area contributed by atoms with E-state index in [0.717, 1.165) is 43.3 Å². The molecule has 6 nitrogen and oxygen atoms in total. The van der Waals surface area contributed by atoms with Crippen molar-refractivity contribution in [3.8, 4) is 11.1 Å². The molecular weight excluding hydrogens is 266 g/mol. The van der Waals surface area contributed by atoms with Crippen LogP contribution in [0.1, 0.15) is 29.2 Å². The molecule has 0 spiro atoms. The summed E-state index contributed by atoms with van der Waals surface area (Å²) in [5, 5.41) is 4.47. The van der Waals surface area contributed by atoms with Crippen LogP contribution in [0.5, 0.6) is 0 Å². The van der Waals surface area contributed by atoms with E-state index in [2.05, 4.69) is 22.0 Å². The van der Waals surface area contributed by atoms with Gasteiger partial charge in [-0.15, -0.1) is 0 Å². The number of carbonyl (C=O) groups excluding carboxylic acids is 1. The Morgan fingerprint density at radius 3 is 2.76 bits per heavy atom. The Hall–Kier alpha value is -2.21. The summed E-state index contributed by atoms with van der Waals surface area (Å²) in [4.78, 5) is 17.3. The Balaban J connectivity index is 1.83. The maximum Gasteiger partial charge on any atom is 0.153 e. The number of rotatable bonds is 3. The van der Waals surface area contributed by atoms with Crippen molar-refractivity contribution < 1.29 is 4.79 Å². The highest BCUT2D eigenvalue weighted by molar-refractivity contribution is 5.84. The van der Waals surface area contributed by atoms with Gasteiger partial charge in [0, 0.05) is 23.5 Å². The zero-order valence-corrected chi connectivity index (χ0v) is 12.1. The summed E-state index contributed by atoms with van der Waals surface area (Å²) < 4.78 is 2.03. The minimum atomic E-state index is 0.261. The first-order chi connectivity index (χ1) is 10.2. The zero-order valence-electron chi connectivity index (χ0n) is 12.1. The lowest BCUT2D eigenvalue weighted by Crippen LogP contribution is -2.31. The smallest absolute Gasteiger partial charge is 0.153 e. The number of pyridine rings is 1. The molecule has 3 rings (SSSR count). The summed E-state index contributed by atoms with van der Waals surface area (Å²) in [6, 6.07) is 2.20. The highest BCUT2D eigenvalue weighted by atomic mass is 16.1. The van der Waals surface area contributed by atoms with Crippen molar-refractivity contribution in [2.75, 3.05) is 25.9 Å². The Bertz CT molecular complexity index is 643. The van der Waals surface area contributed by atoms with Crippen molar-refractivity contribution in [1.82, 2.24) is 19.7 Å². The fraction of sp³-hybridized carbons (Fsp3) is 0.400. The van der Waals surface area contributed by atoms with E-state index >= 15 is 0 Å². The molecule has 1 aliphatic rings. The van der Waals surface area contributed by atoms with Gasteiger partial charge in [0.2, 0.25) is 0 Å². The first-order valence-electron chi connectivity index (χ1n) is 7.11. The number of nitrogen functional groups attached to an aromatic ring is 1. The normalized spacial score (nSPS) is 17.0. The summed E-state index contributed by atoms with van der Waals surface area (Å²) >= 11 is 0. The summed E-state index contributed by atoms with van der Waals surface area (Å²) in [5.74, 6) is 0.261. The topological polar surface area (TPSA) is 77.0 Å².